The highest BCUT2D eigenvalue weighted by Crippen LogP contribution is 2.30. The molecule has 0 aliphatic carbocycles. The Bertz CT molecular complexity index is 1060. The fraction of sp³-hybridized carbons (Fsp3) is 0.0952. The number of hydrogen-bond donors (Lipinski definition) is 3. The molecule has 0 aliphatic heterocycles. The van der Waals surface area contributed by atoms with E-state index in [1.807, 2.05) is 43.3 Å². The highest BCUT2D eigenvalue weighted by Gasteiger charge is 2.10. The molecule has 0 fully saturated rings. The minimum atomic E-state index is -0.290. The van der Waals surface area contributed by atoms with Gasteiger partial charge < -0.3 is 16.0 Å². The average Bonchev–Trinajstić information content (AvgIpc) is 2.67. The number of hydrogen-bond acceptors (Lipinski definition) is 4. The van der Waals surface area contributed by atoms with Crippen LogP contribution in [0.15, 0.2) is 60.6 Å². The molecule has 0 saturated heterocycles. The van der Waals surface area contributed by atoms with E-state index in [1.54, 1.807) is 19.4 Å². The van der Waals surface area contributed by atoms with Crippen LogP contribution >= 0.6 is 11.6 Å². The maximum Gasteiger partial charge on any atom is 0.271 e. The van der Waals surface area contributed by atoms with Crippen molar-refractivity contribution >= 4 is 40.2 Å². The van der Waals surface area contributed by atoms with E-state index in [0.717, 1.165) is 39.4 Å². The van der Waals surface area contributed by atoms with Crippen LogP contribution in [0, 0.1) is 12.3 Å². The third kappa shape index (κ3) is 3.99. The van der Waals surface area contributed by atoms with E-state index in [4.69, 9.17) is 17.0 Å². The predicted molar refractivity (Wildman–Crippen MR) is 111 cm³/mol. The lowest BCUT2D eigenvalue weighted by molar-refractivity contribution is -0.113. The van der Waals surface area contributed by atoms with Gasteiger partial charge in [0.1, 0.15) is 5.70 Å². The minimum absolute atomic E-state index is 0.290. The molecule has 5 nitrogen and oxygen atoms in total. The summed E-state index contributed by atoms with van der Waals surface area (Å²) in [4.78, 5) is 16.4. The molecule has 0 unspecified atom stereocenters. The summed E-state index contributed by atoms with van der Waals surface area (Å²) >= 11 is 6.26. The van der Waals surface area contributed by atoms with Crippen LogP contribution in [0.1, 0.15) is 5.56 Å². The summed E-state index contributed by atoms with van der Waals surface area (Å²) in [6.45, 7) is 1.94. The zero-order valence-corrected chi connectivity index (χ0v) is 15.8. The van der Waals surface area contributed by atoms with Crippen molar-refractivity contribution in [3.05, 3.63) is 71.2 Å². The third-order valence-corrected chi connectivity index (χ3v) is 4.59. The monoisotopic (exact) mass is 378 g/mol. The van der Waals surface area contributed by atoms with Crippen molar-refractivity contribution in [3.63, 3.8) is 0 Å². The first-order valence-corrected chi connectivity index (χ1v) is 8.75. The number of anilines is 1. The fourth-order valence-electron chi connectivity index (χ4n) is 2.84. The summed E-state index contributed by atoms with van der Waals surface area (Å²) in [5.41, 5.74) is 4.05. The van der Waals surface area contributed by atoms with Gasteiger partial charge in [0.05, 0.1) is 5.02 Å². The molecule has 0 atom stereocenters. The van der Waals surface area contributed by atoms with Crippen molar-refractivity contribution in [1.82, 2.24) is 10.3 Å². The minimum Gasteiger partial charge on any atom is -0.384 e. The number of halogens is 1. The van der Waals surface area contributed by atoms with E-state index in [2.05, 4.69) is 15.6 Å². The second kappa shape index (κ2) is 8.01. The molecule has 1 aromatic heterocycles. The molecule has 3 rings (SSSR count). The number of aryl methyl sites for hydroxylation is 1. The van der Waals surface area contributed by atoms with Crippen molar-refractivity contribution in [2.24, 2.45) is 0 Å². The third-order valence-electron chi connectivity index (χ3n) is 4.28. The number of nitrogens with zero attached hydrogens (tertiary/aromatic N) is 1. The number of benzene rings is 2. The van der Waals surface area contributed by atoms with Crippen molar-refractivity contribution in [2.45, 2.75) is 6.92 Å². The van der Waals surface area contributed by atoms with Crippen molar-refractivity contribution in [2.75, 3.05) is 12.4 Å². The second-order valence-electron chi connectivity index (χ2n) is 6.04. The van der Waals surface area contributed by atoms with Crippen LogP contribution in [-0.2, 0) is 4.79 Å². The van der Waals surface area contributed by atoms with Crippen molar-refractivity contribution in [1.29, 1.82) is 5.41 Å². The molecule has 6 heteroatoms. The average molecular weight is 379 g/mol. The number of pyridine rings is 1. The summed E-state index contributed by atoms with van der Waals surface area (Å²) < 4.78 is 0. The van der Waals surface area contributed by atoms with Gasteiger partial charge in [0.25, 0.3) is 5.91 Å². The molecule has 136 valence electrons. The molecule has 2 aromatic carbocycles. The van der Waals surface area contributed by atoms with Gasteiger partial charge in [-0.2, -0.15) is 0 Å². The number of nitrogens with one attached hydrogen (secondary N) is 3. The van der Waals surface area contributed by atoms with Crippen molar-refractivity contribution in [3.8, 4) is 11.1 Å². The normalized spacial score (nSPS) is 11.3. The van der Waals surface area contributed by atoms with E-state index in [0.29, 0.717) is 10.7 Å². The molecule has 0 aliphatic rings. The Labute approximate surface area is 162 Å². The molecule has 1 amide bonds. The van der Waals surface area contributed by atoms with Crippen LogP contribution in [0.4, 0.5) is 5.69 Å². The van der Waals surface area contributed by atoms with Crippen LogP contribution in [0.3, 0.4) is 0 Å². The molecule has 27 heavy (non-hydrogen) atoms. The summed E-state index contributed by atoms with van der Waals surface area (Å²) in [5, 5.41) is 15.3. The van der Waals surface area contributed by atoms with Crippen LogP contribution < -0.4 is 10.6 Å². The van der Waals surface area contributed by atoms with Gasteiger partial charge in [0.15, 0.2) is 0 Å². The van der Waals surface area contributed by atoms with Gasteiger partial charge >= 0.3 is 0 Å². The zero-order chi connectivity index (χ0) is 19.4. The molecular formula is C21H19ClN4O. The van der Waals surface area contributed by atoms with E-state index < -0.39 is 0 Å². The maximum absolute atomic E-state index is 12.3. The highest BCUT2D eigenvalue weighted by atomic mass is 35.5. The Morgan fingerprint density at radius 2 is 1.89 bits per heavy atom. The SMILES string of the molecule is CN/C(=C\C=N)C(=O)Nc1ccc(-c2ccc3cncc(Cl)c3c2)cc1C. The summed E-state index contributed by atoms with van der Waals surface area (Å²) in [5.74, 6) is -0.290. The number of rotatable bonds is 5. The highest BCUT2D eigenvalue weighted by molar-refractivity contribution is 6.35. The number of carbonyl (C=O) groups is 1. The topological polar surface area (TPSA) is 77.9 Å². The molecule has 0 bridgehead atoms. The maximum atomic E-state index is 12.3. The molecule has 0 radical (unpaired) electrons. The van der Waals surface area contributed by atoms with Crippen LogP contribution in [0.2, 0.25) is 5.02 Å². The van der Waals surface area contributed by atoms with Gasteiger partial charge in [-0.1, -0.05) is 29.8 Å². The van der Waals surface area contributed by atoms with E-state index >= 15 is 0 Å². The van der Waals surface area contributed by atoms with Gasteiger partial charge in [-0.05, 0) is 47.9 Å². The van der Waals surface area contributed by atoms with Crippen LogP contribution in [0.5, 0.6) is 0 Å². The van der Waals surface area contributed by atoms with E-state index in [-0.39, 0.29) is 5.91 Å². The second-order valence-corrected chi connectivity index (χ2v) is 6.45. The first-order valence-electron chi connectivity index (χ1n) is 8.37. The molecule has 1 heterocycles. The lowest BCUT2D eigenvalue weighted by atomic mass is 10.00. The summed E-state index contributed by atoms with van der Waals surface area (Å²) in [7, 11) is 1.64. The number of amides is 1. The van der Waals surface area contributed by atoms with Gasteiger partial charge in [-0.3, -0.25) is 9.78 Å². The Morgan fingerprint density at radius 3 is 2.59 bits per heavy atom. The van der Waals surface area contributed by atoms with Crippen LogP contribution in [0.25, 0.3) is 21.9 Å². The van der Waals surface area contributed by atoms with Gasteiger partial charge in [-0.15, -0.1) is 0 Å². The number of carbonyl (C=O) groups excluding carboxylic acids is 1. The lowest BCUT2D eigenvalue weighted by Crippen LogP contribution is -2.23. The first kappa shape index (κ1) is 18.6. The smallest absolute Gasteiger partial charge is 0.271 e. The van der Waals surface area contributed by atoms with E-state index in [1.165, 1.54) is 6.08 Å². The van der Waals surface area contributed by atoms with Crippen molar-refractivity contribution < 1.29 is 4.79 Å². The standard InChI is InChI=1S/C21H19ClN4O/c1-13-9-14(5-6-19(13)26-21(27)20(24-2)7-8-23)15-3-4-16-11-25-12-18(22)17(16)10-15/h3-12,23-24H,1-2H3,(H,26,27)/b20-7-,23-8?. The summed E-state index contributed by atoms with van der Waals surface area (Å²) in [6, 6.07) is 11.9. The summed E-state index contributed by atoms with van der Waals surface area (Å²) in [6.07, 6.45) is 5.91. The first-order chi connectivity index (χ1) is 13.0. The number of fused-ring (bicyclic) bond motifs is 1. The number of likely N-dealkylation sites (N-methyl/N-ethyl adjacent to an activating group) is 1. The Hall–Kier alpha value is -3.18. The Morgan fingerprint density at radius 1 is 1.15 bits per heavy atom. The van der Waals surface area contributed by atoms with Gasteiger partial charge in [-0.25, -0.2) is 0 Å². The molecule has 0 spiro atoms. The molecule has 3 aromatic rings. The number of allylic oxidation sites excluding steroid dienone is 1. The quantitative estimate of drug-likeness (QED) is 0.450. The Kier molecular flexibility index (Phi) is 5.52. The number of aromatic nitrogens is 1. The lowest BCUT2D eigenvalue weighted by Gasteiger charge is -2.12. The largest absolute Gasteiger partial charge is 0.384 e. The van der Waals surface area contributed by atoms with E-state index in [9.17, 15) is 4.79 Å². The predicted octanol–water partition coefficient (Wildman–Crippen LogP) is 4.55. The molecule has 0 saturated carbocycles. The molecular weight excluding hydrogens is 360 g/mol. The van der Waals surface area contributed by atoms with Gasteiger partial charge in [0.2, 0.25) is 0 Å². The fourth-order valence-corrected chi connectivity index (χ4v) is 3.06. The zero-order valence-electron chi connectivity index (χ0n) is 15.0. The van der Waals surface area contributed by atoms with Gasteiger partial charge in [0, 0.05) is 42.1 Å². The Balaban J connectivity index is 1.91. The van der Waals surface area contributed by atoms with Crippen LogP contribution in [-0.4, -0.2) is 24.2 Å². The molecule has 3 N–H and O–H groups in total.